The van der Waals surface area contributed by atoms with Crippen molar-refractivity contribution < 1.29 is 4.79 Å². The van der Waals surface area contributed by atoms with Crippen LogP contribution in [0, 0.1) is 5.92 Å². The molecule has 4 rings (SSSR count). The predicted octanol–water partition coefficient (Wildman–Crippen LogP) is 3.23. The molecule has 0 spiro atoms. The maximum absolute atomic E-state index is 12.9. The Labute approximate surface area is 153 Å². The van der Waals surface area contributed by atoms with Crippen LogP contribution >= 0.6 is 11.6 Å². The lowest BCUT2D eigenvalue weighted by Gasteiger charge is -2.29. The van der Waals surface area contributed by atoms with Gasteiger partial charge in [0.2, 0.25) is 0 Å². The molecule has 2 aliphatic rings. The van der Waals surface area contributed by atoms with Gasteiger partial charge in [-0.25, -0.2) is 0 Å². The highest BCUT2D eigenvalue weighted by atomic mass is 35.5. The number of halogens is 1. The topological polar surface area (TPSA) is 65.4 Å². The number of carbonyl (C=O) groups excluding carboxylic acids is 1. The molecule has 0 aliphatic carbocycles. The van der Waals surface area contributed by atoms with E-state index in [2.05, 4.69) is 9.88 Å². The summed E-state index contributed by atoms with van der Waals surface area (Å²) in [6.45, 7) is 4.27. The third-order valence-electron chi connectivity index (χ3n) is 5.51. The molecule has 2 fully saturated rings. The normalized spacial score (nSPS) is 21.3. The molecule has 2 aromatic rings. The fourth-order valence-electron chi connectivity index (χ4n) is 4.07. The number of carbonyl (C=O) groups is 1. The number of aromatic amines is 1. The van der Waals surface area contributed by atoms with Gasteiger partial charge in [0.1, 0.15) is 5.69 Å². The zero-order chi connectivity index (χ0) is 17.4. The summed E-state index contributed by atoms with van der Waals surface area (Å²) in [6.07, 6.45) is 4.68. The van der Waals surface area contributed by atoms with E-state index in [0.29, 0.717) is 18.2 Å². The van der Waals surface area contributed by atoms with Crippen LogP contribution in [-0.2, 0) is 0 Å². The van der Waals surface area contributed by atoms with E-state index in [9.17, 15) is 4.79 Å². The van der Waals surface area contributed by atoms with Gasteiger partial charge in [0.25, 0.3) is 5.91 Å². The third kappa shape index (κ3) is 3.23. The number of hydrogen-bond donors (Lipinski definition) is 2. The Hall–Kier alpha value is -1.72. The number of fused-ring (bicyclic) bond motifs is 1. The van der Waals surface area contributed by atoms with Gasteiger partial charge in [0.15, 0.2) is 0 Å². The summed E-state index contributed by atoms with van der Waals surface area (Å²) in [7, 11) is 0. The first-order chi connectivity index (χ1) is 12.2. The maximum atomic E-state index is 12.9. The third-order valence-corrected chi connectivity index (χ3v) is 5.72. The largest absolute Gasteiger partial charge is 0.370 e. The SMILES string of the molecule is NCC1CCN(C(=O)c2cc3cc(Cl)cc(N4CCCCC4)c3[nH]2)C1. The van der Waals surface area contributed by atoms with Crippen LogP contribution in [0.4, 0.5) is 5.69 Å². The summed E-state index contributed by atoms with van der Waals surface area (Å²) in [4.78, 5) is 20.5. The monoisotopic (exact) mass is 360 g/mol. The molecule has 0 bridgehead atoms. The summed E-state index contributed by atoms with van der Waals surface area (Å²) >= 11 is 6.35. The summed E-state index contributed by atoms with van der Waals surface area (Å²) in [6, 6.07) is 5.89. The molecule has 0 radical (unpaired) electrons. The molecule has 2 aliphatic heterocycles. The first-order valence-electron chi connectivity index (χ1n) is 9.22. The number of benzene rings is 1. The Morgan fingerprint density at radius 1 is 1.20 bits per heavy atom. The Bertz CT molecular complexity index is 781. The lowest BCUT2D eigenvalue weighted by Crippen LogP contribution is -2.30. The molecule has 2 saturated heterocycles. The van der Waals surface area contributed by atoms with E-state index in [1.54, 1.807) is 0 Å². The molecule has 3 heterocycles. The van der Waals surface area contributed by atoms with Crippen molar-refractivity contribution in [3.63, 3.8) is 0 Å². The molecular weight excluding hydrogens is 336 g/mol. The second kappa shape index (κ2) is 6.89. The van der Waals surface area contributed by atoms with Crippen molar-refractivity contribution in [1.82, 2.24) is 9.88 Å². The highest BCUT2D eigenvalue weighted by Gasteiger charge is 2.27. The summed E-state index contributed by atoms with van der Waals surface area (Å²) < 4.78 is 0. The minimum absolute atomic E-state index is 0.0628. The Morgan fingerprint density at radius 2 is 2.00 bits per heavy atom. The van der Waals surface area contributed by atoms with Gasteiger partial charge in [-0.2, -0.15) is 0 Å². The number of rotatable bonds is 3. The number of likely N-dealkylation sites (tertiary alicyclic amines) is 1. The Morgan fingerprint density at radius 3 is 2.72 bits per heavy atom. The smallest absolute Gasteiger partial charge is 0.270 e. The molecule has 6 heteroatoms. The summed E-state index contributed by atoms with van der Waals surface area (Å²) in [5.41, 5.74) is 8.53. The van der Waals surface area contributed by atoms with Crippen LogP contribution in [0.1, 0.15) is 36.2 Å². The molecule has 3 N–H and O–H groups in total. The van der Waals surface area contributed by atoms with Crippen molar-refractivity contribution in [3.05, 3.63) is 28.9 Å². The van der Waals surface area contributed by atoms with Gasteiger partial charge in [-0.15, -0.1) is 0 Å². The van der Waals surface area contributed by atoms with E-state index in [1.165, 1.54) is 19.3 Å². The number of piperidine rings is 1. The van der Waals surface area contributed by atoms with Gasteiger partial charge in [0.05, 0.1) is 11.2 Å². The second-order valence-electron chi connectivity index (χ2n) is 7.26. The molecule has 1 unspecified atom stereocenters. The number of nitrogens with one attached hydrogen (secondary N) is 1. The van der Waals surface area contributed by atoms with Gasteiger partial charge in [-0.05, 0) is 56.3 Å². The van der Waals surface area contributed by atoms with Crippen LogP contribution in [0.25, 0.3) is 10.9 Å². The van der Waals surface area contributed by atoms with Gasteiger partial charge in [-0.3, -0.25) is 4.79 Å². The average Bonchev–Trinajstić information content (AvgIpc) is 3.28. The maximum Gasteiger partial charge on any atom is 0.270 e. The van der Waals surface area contributed by atoms with Crippen LogP contribution in [0.15, 0.2) is 18.2 Å². The molecule has 0 saturated carbocycles. The first-order valence-corrected chi connectivity index (χ1v) is 9.60. The van der Waals surface area contributed by atoms with E-state index in [4.69, 9.17) is 17.3 Å². The Balaban J connectivity index is 1.66. The van der Waals surface area contributed by atoms with Gasteiger partial charge in [-0.1, -0.05) is 11.6 Å². The van der Waals surface area contributed by atoms with Crippen molar-refractivity contribution >= 4 is 34.1 Å². The van der Waals surface area contributed by atoms with E-state index in [0.717, 1.165) is 54.2 Å². The molecular formula is C19H25ClN4O. The van der Waals surface area contributed by atoms with Crippen molar-refractivity contribution in [1.29, 1.82) is 0 Å². The number of aromatic nitrogens is 1. The fourth-order valence-corrected chi connectivity index (χ4v) is 4.29. The zero-order valence-corrected chi connectivity index (χ0v) is 15.2. The van der Waals surface area contributed by atoms with Crippen LogP contribution in [0.2, 0.25) is 5.02 Å². The number of hydrogen-bond acceptors (Lipinski definition) is 3. The number of amides is 1. The summed E-state index contributed by atoms with van der Waals surface area (Å²) in [5.74, 6) is 0.486. The predicted molar refractivity (Wildman–Crippen MR) is 102 cm³/mol. The lowest BCUT2D eigenvalue weighted by molar-refractivity contribution is 0.0783. The highest BCUT2D eigenvalue weighted by Crippen LogP contribution is 2.33. The van der Waals surface area contributed by atoms with E-state index < -0.39 is 0 Å². The minimum Gasteiger partial charge on any atom is -0.370 e. The van der Waals surface area contributed by atoms with E-state index in [-0.39, 0.29) is 5.91 Å². The molecule has 5 nitrogen and oxygen atoms in total. The highest BCUT2D eigenvalue weighted by molar-refractivity contribution is 6.32. The summed E-state index contributed by atoms with van der Waals surface area (Å²) in [5, 5.41) is 1.72. The minimum atomic E-state index is 0.0628. The van der Waals surface area contributed by atoms with Crippen LogP contribution in [0.5, 0.6) is 0 Å². The quantitative estimate of drug-likeness (QED) is 0.883. The molecule has 1 aromatic carbocycles. The molecule has 134 valence electrons. The van der Waals surface area contributed by atoms with Crippen molar-refractivity contribution in [2.45, 2.75) is 25.7 Å². The number of nitrogens with two attached hydrogens (primary N) is 1. The van der Waals surface area contributed by atoms with Crippen LogP contribution < -0.4 is 10.6 Å². The average molecular weight is 361 g/mol. The van der Waals surface area contributed by atoms with Gasteiger partial charge >= 0.3 is 0 Å². The molecule has 1 amide bonds. The van der Waals surface area contributed by atoms with E-state index in [1.807, 2.05) is 23.1 Å². The van der Waals surface area contributed by atoms with Crippen molar-refractivity contribution in [2.24, 2.45) is 11.7 Å². The van der Waals surface area contributed by atoms with Crippen LogP contribution in [-0.4, -0.2) is 48.5 Å². The molecule has 25 heavy (non-hydrogen) atoms. The number of anilines is 1. The Kier molecular flexibility index (Phi) is 4.61. The van der Waals surface area contributed by atoms with Gasteiger partial charge < -0.3 is 20.5 Å². The molecule has 1 aromatic heterocycles. The van der Waals surface area contributed by atoms with E-state index >= 15 is 0 Å². The van der Waals surface area contributed by atoms with Crippen LogP contribution in [0.3, 0.4) is 0 Å². The number of H-pyrrole nitrogens is 1. The zero-order valence-electron chi connectivity index (χ0n) is 14.4. The number of nitrogens with zero attached hydrogens (tertiary/aromatic N) is 2. The van der Waals surface area contributed by atoms with Crippen molar-refractivity contribution in [2.75, 3.05) is 37.6 Å². The lowest BCUT2D eigenvalue weighted by atomic mass is 10.1. The molecule has 1 atom stereocenters. The second-order valence-corrected chi connectivity index (χ2v) is 7.70. The standard InChI is InChI=1S/C19H25ClN4O/c20-15-8-14-9-16(19(25)24-7-4-13(11-21)12-24)22-18(14)17(10-15)23-5-2-1-3-6-23/h8-10,13,22H,1-7,11-12,21H2. The van der Waals surface area contributed by atoms with Crippen molar-refractivity contribution in [3.8, 4) is 0 Å². The van der Waals surface area contributed by atoms with Gasteiger partial charge in [0, 0.05) is 36.6 Å². The first kappa shape index (κ1) is 16.7. The fraction of sp³-hybridized carbons (Fsp3) is 0.526.